The van der Waals surface area contributed by atoms with Crippen molar-refractivity contribution in [2.75, 3.05) is 5.73 Å². The van der Waals surface area contributed by atoms with Gasteiger partial charge in [-0.15, -0.1) is 0 Å². The Morgan fingerprint density at radius 1 is 1.21 bits per heavy atom. The van der Waals surface area contributed by atoms with Crippen LogP contribution < -0.4 is 5.73 Å². The van der Waals surface area contributed by atoms with Crippen molar-refractivity contribution >= 4 is 33.5 Å². The van der Waals surface area contributed by atoms with Crippen molar-refractivity contribution < 1.29 is 0 Å². The molecule has 70 valence electrons. The van der Waals surface area contributed by atoms with Gasteiger partial charge in [0.25, 0.3) is 0 Å². The number of hydrogen-bond donors (Lipinski definition) is 1. The summed E-state index contributed by atoms with van der Waals surface area (Å²) in [4.78, 5) is 8.42. The number of para-hydroxylation sites is 2. The Morgan fingerprint density at radius 3 is 2.36 bits per heavy atom. The third-order valence-corrected chi connectivity index (χ3v) is 2.03. The molecular formula is C10H8ClN3. The Kier molecular flexibility index (Phi) is 2.09. The van der Waals surface area contributed by atoms with Crippen molar-refractivity contribution in [1.82, 2.24) is 9.97 Å². The monoisotopic (exact) mass is 205 g/mol. The first-order chi connectivity index (χ1) is 6.68. The van der Waals surface area contributed by atoms with Gasteiger partial charge in [-0.05, 0) is 12.1 Å². The fraction of sp³-hybridized carbons (Fsp3) is 0. The summed E-state index contributed by atoms with van der Waals surface area (Å²) in [5, 5.41) is 0.306. The molecule has 0 aliphatic carbocycles. The van der Waals surface area contributed by atoms with E-state index in [2.05, 4.69) is 16.5 Å². The Morgan fingerprint density at radius 2 is 1.79 bits per heavy atom. The zero-order valence-corrected chi connectivity index (χ0v) is 8.12. The molecule has 4 heteroatoms. The Bertz CT molecular complexity index is 508. The maximum Gasteiger partial charge on any atom is 0.151 e. The standard InChI is InChI=1S/C10H8ClN3/c1-6(11)9-10(12)14-8-5-3-2-4-7(8)13-9/h2-5H,1H2,(H2,12,14). The molecule has 0 bridgehead atoms. The third kappa shape index (κ3) is 1.42. The van der Waals surface area contributed by atoms with E-state index in [0.29, 0.717) is 16.5 Å². The van der Waals surface area contributed by atoms with E-state index >= 15 is 0 Å². The zero-order chi connectivity index (χ0) is 10.1. The number of benzene rings is 1. The number of hydrogen-bond acceptors (Lipinski definition) is 3. The summed E-state index contributed by atoms with van der Waals surface area (Å²) in [6.07, 6.45) is 0. The first-order valence-corrected chi connectivity index (χ1v) is 4.43. The summed E-state index contributed by atoms with van der Waals surface area (Å²) < 4.78 is 0. The quantitative estimate of drug-likeness (QED) is 0.778. The molecule has 2 rings (SSSR count). The molecule has 0 atom stereocenters. The largest absolute Gasteiger partial charge is 0.382 e. The summed E-state index contributed by atoms with van der Waals surface area (Å²) in [6, 6.07) is 7.46. The maximum atomic E-state index is 5.73. The van der Waals surface area contributed by atoms with E-state index in [-0.39, 0.29) is 0 Å². The number of rotatable bonds is 1. The van der Waals surface area contributed by atoms with Gasteiger partial charge in [0, 0.05) is 0 Å². The summed E-state index contributed by atoms with van der Waals surface area (Å²) >= 11 is 5.73. The first kappa shape index (κ1) is 8.97. The van der Waals surface area contributed by atoms with Gasteiger partial charge < -0.3 is 5.73 Å². The molecule has 3 nitrogen and oxygen atoms in total. The van der Waals surface area contributed by atoms with Crippen LogP contribution in [0.1, 0.15) is 5.69 Å². The number of nitrogens with two attached hydrogens (primary N) is 1. The molecule has 0 spiro atoms. The van der Waals surface area contributed by atoms with Crippen molar-refractivity contribution in [2.45, 2.75) is 0 Å². The van der Waals surface area contributed by atoms with E-state index in [1.54, 1.807) is 0 Å². The van der Waals surface area contributed by atoms with E-state index in [0.717, 1.165) is 11.0 Å². The maximum absolute atomic E-state index is 5.73. The van der Waals surface area contributed by atoms with Crippen molar-refractivity contribution in [3.63, 3.8) is 0 Å². The summed E-state index contributed by atoms with van der Waals surface area (Å²) in [6.45, 7) is 3.58. The normalized spacial score (nSPS) is 10.4. The number of halogens is 1. The van der Waals surface area contributed by atoms with Gasteiger partial charge >= 0.3 is 0 Å². The van der Waals surface area contributed by atoms with Gasteiger partial charge in [0.2, 0.25) is 0 Å². The lowest BCUT2D eigenvalue weighted by molar-refractivity contribution is 1.27. The number of nitrogens with zero attached hydrogens (tertiary/aromatic N) is 2. The van der Waals surface area contributed by atoms with Gasteiger partial charge in [0.05, 0.1) is 16.1 Å². The molecule has 0 saturated carbocycles. The van der Waals surface area contributed by atoms with E-state index in [9.17, 15) is 0 Å². The highest BCUT2D eigenvalue weighted by atomic mass is 35.5. The van der Waals surface area contributed by atoms with Gasteiger partial charge in [-0.25, -0.2) is 9.97 Å². The molecule has 0 aliphatic rings. The summed E-state index contributed by atoms with van der Waals surface area (Å²) in [7, 11) is 0. The van der Waals surface area contributed by atoms with Crippen LogP contribution in [0.4, 0.5) is 5.82 Å². The van der Waals surface area contributed by atoms with Crippen LogP contribution in [0.25, 0.3) is 16.1 Å². The fourth-order valence-corrected chi connectivity index (χ4v) is 1.35. The molecule has 1 aromatic carbocycles. The minimum atomic E-state index is 0.306. The molecule has 14 heavy (non-hydrogen) atoms. The third-order valence-electron chi connectivity index (χ3n) is 1.85. The van der Waals surface area contributed by atoms with Crippen LogP contribution >= 0.6 is 11.6 Å². The summed E-state index contributed by atoms with van der Waals surface area (Å²) in [5.41, 5.74) is 7.64. The molecule has 0 radical (unpaired) electrons. The van der Waals surface area contributed by atoms with Crippen LogP contribution in [0.5, 0.6) is 0 Å². The van der Waals surface area contributed by atoms with Crippen LogP contribution in [-0.4, -0.2) is 9.97 Å². The number of anilines is 1. The SMILES string of the molecule is C=C(Cl)c1nc2ccccc2nc1N. The molecule has 1 aromatic heterocycles. The smallest absolute Gasteiger partial charge is 0.151 e. The highest BCUT2D eigenvalue weighted by Crippen LogP contribution is 2.22. The Labute approximate surface area is 86.2 Å². The van der Waals surface area contributed by atoms with Crippen molar-refractivity contribution in [3.8, 4) is 0 Å². The van der Waals surface area contributed by atoms with Crippen LogP contribution in [-0.2, 0) is 0 Å². The fourth-order valence-electron chi connectivity index (χ4n) is 1.21. The van der Waals surface area contributed by atoms with Crippen LogP contribution in [0.2, 0.25) is 0 Å². The predicted octanol–water partition coefficient (Wildman–Crippen LogP) is 2.42. The highest BCUT2D eigenvalue weighted by Gasteiger charge is 2.06. The van der Waals surface area contributed by atoms with Crippen LogP contribution in [0.15, 0.2) is 30.8 Å². The van der Waals surface area contributed by atoms with Gasteiger partial charge in [-0.3, -0.25) is 0 Å². The van der Waals surface area contributed by atoms with Gasteiger partial charge in [-0.2, -0.15) is 0 Å². The minimum absolute atomic E-state index is 0.306. The Balaban J connectivity index is 2.77. The molecule has 2 N–H and O–H groups in total. The lowest BCUT2D eigenvalue weighted by Gasteiger charge is -2.03. The zero-order valence-electron chi connectivity index (χ0n) is 7.37. The molecule has 0 unspecified atom stereocenters. The molecule has 2 aromatic rings. The second-order valence-electron chi connectivity index (χ2n) is 2.85. The second-order valence-corrected chi connectivity index (χ2v) is 3.31. The Hall–Kier alpha value is -1.61. The topological polar surface area (TPSA) is 51.8 Å². The first-order valence-electron chi connectivity index (χ1n) is 4.05. The molecule has 0 amide bonds. The van der Waals surface area contributed by atoms with E-state index in [4.69, 9.17) is 17.3 Å². The lowest BCUT2D eigenvalue weighted by Crippen LogP contribution is -1.99. The van der Waals surface area contributed by atoms with Gasteiger partial charge in [0.1, 0.15) is 5.69 Å². The van der Waals surface area contributed by atoms with Gasteiger partial charge in [-0.1, -0.05) is 30.3 Å². The summed E-state index contributed by atoms with van der Waals surface area (Å²) in [5.74, 6) is 0.309. The average molecular weight is 206 g/mol. The van der Waals surface area contributed by atoms with E-state index in [1.165, 1.54) is 0 Å². The van der Waals surface area contributed by atoms with Crippen LogP contribution in [0, 0.1) is 0 Å². The van der Waals surface area contributed by atoms with Crippen molar-refractivity contribution in [1.29, 1.82) is 0 Å². The second kappa shape index (κ2) is 3.27. The molecule has 0 saturated heterocycles. The number of nitrogen functional groups attached to an aromatic ring is 1. The predicted molar refractivity (Wildman–Crippen MR) is 58.8 cm³/mol. The van der Waals surface area contributed by atoms with Gasteiger partial charge in [0.15, 0.2) is 5.82 Å². The van der Waals surface area contributed by atoms with Crippen molar-refractivity contribution in [3.05, 3.63) is 36.5 Å². The molecule has 1 heterocycles. The van der Waals surface area contributed by atoms with Crippen molar-refractivity contribution in [2.24, 2.45) is 0 Å². The highest BCUT2D eigenvalue weighted by molar-refractivity contribution is 6.48. The minimum Gasteiger partial charge on any atom is -0.382 e. The van der Waals surface area contributed by atoms with E-state index < -0.39 is 0 Å². The molecule has 0 fully saturated rings. The average Bonchev–Trinajstić information content (AvgIpc) is 2.16. The molecule has 0 aliphatic heterocycles. The molecular weight excluding hydrogens is 198 g/mol. The lowest BCUT2D eigenvalue weighted by atomic mass is 10.3. The van der Waals surface area contributed by atoms with E-state index in [1.807, 2.05) is 24.3 Å². The number of aromatic nitrogens is 2. The van der Waals surface area contributed by atoms with Crippen LogP contribution in [0.3, 0.4) is 0 Å². The number of fused-ring (bicyclic) bond motifs is 1.